The molecule has 1 atom stereocenters. The second-order valence-corrected chi connectivity index (χ2v) is 5.58. The van der Waals surface area contributed by atoms with Crippen LogP contribution >= 0.6 is 23.2 Å². The molecule has 6 heteroatoms. The Hall–Kier alpha value is -0.840. The van der Waals surface area contributed by atoms with Crippen molar-refractivity contribution in [2.75, 3.05) is 0 Å². The van der Waals surface area contributed by atoms with E-state index in [0.29, 0.717) is 17.9 Å². The Kier molecular flexibility index (Phi) is 6.55. The highest BCUT2D eigenvalue weighted by molar-refractivity contribution is 6.32. The third kappa shape index (κ3) is 6.23. The Morgan fingerprint density at radius 3 is 2.42 bits per heavy atom. The Morgan fingerprint density at radius 1 is 1.32 bits per heavy atom. The maximum absolute atomic E-state index is 11.7. The van der Waals surface area contributed by atoms with Gasteiger partial charge in [-0.2, -0.15) is 0 Å². The Bertz CT molecular complexity index is 418. The van der Waals surface area contributed by atoms with Gasteiger partial charge < -0.3 is 10.5 Å². The number of aromatic nitrogens is 1. The van der Waals surface area contributed by atoms with E-state index in [1.165, 1.54) is 0 Å². The molecule has 0 aliphatic rings. The third-order valence-corrected chi connectivity index (χ3v) is 2.95. The van der Waals surface area contributed by atoms with E-state index in [1.807, 2.05) is 0 Å². The van der Waals surface area contributed by atoms with Crippen molar-refractivity contribution in [2.45, 2.75) is 39.3 Å². The molecule has 1 rings (SSSR count). The van der Waals surface area contributed by atoms with E-state index in [1.54, 1.807) is 12.1 Å². The molecule has 1 aromatic rings. The first kappa shape index (κ1) is 16.2. The zero-order valence-corrected chi connectivity index (χ0v) is 12.5. The van der Waals surface area contributed by atoms with E-state index >= 15 is 0 Å². The SMILES string of the molecule is CC(C)CC[C@H](N)C(=O)OCc1cc(Cl)nc(Cl)c1. The highest BCUT2D eigenvalue weighted by atomic mass is 35.5. The molecule has 0 radical (unpaired) electrons. The number of nitrogens with two attached hydrogens (primary N) is 1. The zero-order valence-electron chi connectivity index (χ0n) is 11.0. The van der Waals surface area contributed by atoms with Crippen molar-refractivity contribution in [2.24, 2.45) is 11.7 Å². The van der Waals surface area contributed by atoms with Crippen LogP contribution in [0.15, 0.2) is 12.1 Å². The number of pyridine rings is 1. The van der Waals surface area contributed by atoms with E-state index in [2.05, 4.69) is 18.8 Å². The lowest BCUT2D eigenvalue weighted by atomic mass is 10.0. The Morgan fingerprint density at radius 2 is 1.89 bits per heavy atom. The molecule has 0 fully saturated rings. The smallest absolute Gasteiger partial charge is 0.323 e. The van der Waals surface area contributed by atoms with Crippen molar-refractivity contribution in [1.29, 1.82) is 0 Å². The summed E-state index contributed by atoms with van der Waals surface area (Å²) in [5, 5.41) is 0.533. The predicted octanol–water partition coefficient (Wildman–Crippen LogP) is 3.20. The van der Waals surface area contributed by atoms with Crippen LogP contribution in [-0.4, -0.2) is 17.0 Å². The van der Waals surface area contributed by atoms with Crippen molar-refractivity contribution in [3.63, 3.8) is 0 Å². The van der Waals surface area contributed by atoms with Gasteiger partial charge in [0.25, 0.3) is 0 Å². The molecule has 0 aromatic carbocycles. The second kappa shape index (κ2) is 7.68. The van der Waals surface area contributed by atoms with Gasteiger partial charge in [-0.1, -0.05) is 37.0 Å². The molecule has 0 amide bonds. The van der Waals surface area contributed by atoms with Crippen molar-refractivity contribution in [3.05, 3.63) is 28.0 Å². The highest BCUT2D eigenvalue weighted by Gasteiger charge is 2.15. The molecule has 0 spiro atoms. The van der Waals surface area contributed by atoms with Gasteiger partial charge in [0.15, 0.2) is 0 Å². The topological polar surface area (TPSA) is 65.2 Å². The molecule has 19 heavy (non-hydrogen) atoms. The molecule has 1 aromatic heterocycles. The molecule has 1 heterocycles. The van der Waals surface area contributed by atoms with E-state index in [0.717, 1.165) is 6.42 Å². The quantitative estimate of drug-likeness (QED) is 0.647. The van der Waals surface area contributed by atoms with Crippen molar-refractivity contribution in [1.82, 2.24) is 4.98 Å². The monoisotopic (exact) mass is 304 g/mol. The van der Waals surface area contributed by atoms with Crippen LogP contribution < -0.4 is 5.73 Å². The maximum Gasteiger partial charge on any atom is 0.323 e. The summed E-state index contributed by atoms with van der Waals surface area (Å²) in [5.74, 6) is 0.0985. The molecule has 0 aliphatic carbocycles. The first-order chi connectivity index (χ1) is 8.88. The number of ether oxygens (including phenoxy) is 1. The highest BCUT2D eigenvalue weighted by Crippen LogP contribution is 2.15. The van der Waals surface area contributed by atoms with Gasteiger partial charge in [-0.25, -0.2) is 4.98 Å². The van der Waals surface area contributed by atoms with Crippen molar-refractivity contribution < 1.29 is 9.53 Å². The normalized spacial score (nSPS) is 12.5. The molecule has 0 bridgehead atoms. The molecule has 2 N–H and O–H groups in total. The van der Waals surface area contributed by atoms with Crippen LogP contribution in [0.25, 0.3) is 0 Å². The lowest BCUT2D eigenvalue weighted by Crippen LogP contribution is -2.32. The van der Waals surface area contributed by atoms with Gasteiger partial charge in [0.2, 0.25) is 0 Å². The molecular weight excluding hydrogens is 287 g/mol. The largest absolute Gasteiger partial charge is 0.460 e. The summed E-state index contributed by atoms with van der Waals surface area (Å²) in [7, 11) is 0. The molecule has 0 saturated heterocycles. The first-order valence-electron chi connectivity index (χ1n) is 6.12. The summed E-state index contributed by atoms with van der Waals surface area (Å²) in [6, 6.07) is 2.61. The fraction of sp³-hybridized carbons (Fsp3) is 0.538. The summed E-state index contributed by atoms with van der Waals surface area (Å²) in [4.78, 5) is 15.5. The fourth-order valence-corrected chi connectivity index (χ4v) is 2.00. The van der Waals surface area contributed by atoms with Gasteiger partial charge in [0, 0.05) is 0 Å². The van der Waals surface area contributed by atoms with Gasteiger partial charge in [-0.15, -0.1) is 0 Å². The number of halogens is 2. The molecule has 0 aliphatic heterocycles. The predicted molar refractivity (Wildman–Crippen MR) is 76.1 cm³/mol. The minimum atomic E-state index is -0.588. The first-order valence-corrected chi connectivity index (χ1v) is 6.88. The molecule has 4 nitrogen and oxygen atoms in total. The summed E-state index contributed by atoms with van der Waals surface area (Å²) < 4.78 is 5.12. The Balaban J connectivity index is 2.45. The summed E-state index contributed by atoms with van der Waals surface area (Å²) in [6.45, 7) is 4.26. The summed E-state index contributed by atoms with van der Waals surface area (Å²) >= 11 is 11.5. The van der Waals surface area contributed by atoms with Gasteiger partial charge in [-0.05, 0) is 36.5 Å². The number of rotatable bonds is 6. The van der Waals surface area contributed by atoms with E-state index < -0.39 is 12.0 Å². The minimum absolute atomic E-state index is 0.0934. The molecule has 0 saturated carbocycles. The van der Waals surface area contributed by atoms with Crippen LogP contribution in [0.1, 0.15) is 32.3 Å². The minimum Gasteiger partial charge on any atom is -0.460 e. The molecule has 106 valence electrons. The van der Waals surface area contributed by atoms with Crippen LogP contribution in [0.2, 0.25) is 10.3 Å². The van der Waals surface area contributed by atoms with Crippen LogP contribution in [0.3, 0.4) is 0 Å². The number of carbonyl (C=O) groups excluding carboxylic acids is 1. The molecular formula is C13H18Cl2N2O2. The number of esters is 1. The fourth-order valence-electron chi connectivity index (χ4n) is 1.49. The second-order valence-electron chi connectivity index (χ2n) is 4.81. The average Bonchev–Trinajstić information content (AvgIpc) is 2.31. The van der Waals surface area contributed by atoms with Gasteiger partial charge in [-0.3, -0.25) is 4.79 Å². The number of carbonyl (C=O) groups is 1. The third-order valence-electron chi connectivity index (χ3n) is 2.56. The number of nitrogens with zero attached hydrogens (tertiary/aromatic N) is 1. The van der Waals surface area contributed by atoms with E-state index in [9.17, 15) is 4.79 Å². The van der Waals surface area contributed by atoms with Crippen LogP contribution in [-0.2, 0) is 16.1 Å². The zero-order chi connectivity index (χ0) is 14.4. The lowest BCUT2D eigenvalue weighted by molar-refractivity contribution is -0.146. The standard InChI is InChI=1S/C13H18Cl2N2O2/c1-8(2)3-4-10(16)13(18)19-7-9-5-11(14)17-12(15)6-9/h5-6,8,10H,3-4,7,16H2,1-2H3/t10-/m0/s1. The Labute approximate surface area is 123 Å². The van der Waals surface area contributed by atoms with Crippen molar-refractivity contribution >= 4 is 29.2 Å². The van der Waals surface area contributed by atoms with Gasteiger partial charge in [0.05, 0.1) is 0 Å². The molecule has 0 unspecified atom stereocenters. The van der Waals surface area contributed by atoms with Gasteiger partial charge in [0.1, 0.15) is 23.0 Å². The summed E-state index contributed by atoms with van der Waals surface area (Å²) in [5.41, 5.74) is 6.44. The average molecular weight is 305 g/mol. The van der Waals surface area contributed by atoms with Crippen LogP contribution in [0.5, 0.6) is 0 Å². The van der Waals surface area contributed by atoms with E-state index in [-0.39, 0.29) is 16.9 Å². The number of hydrogen-bond donors (Lipinski definition) is 1. The van der Waals surface area contributed by atoms with E-state index in [4.69, 9.17) is 33.7 Å². The lowest BCUT2D eigenvalue weighted by Gasteiger charge is -2.12. The maximum atomic E-state index is 11.7. The van der Waals surface area contributed by atoms with Gasteiger partial charge >= 0.3 is 5.97 Å². The summed E-state index contributed by atoms with van der Waals surface area (Å²) in [6.07, 6.45) is 1.51. The number of hydrogen-bond acceptors (Lipinski definition) is 4. The van der Waals surface area contributed by atoms with Crippen LogP contribution in [0, 0.1) is 5.92 Å². The van der Waals surface area contributed by atoms with Crippen molar-refractivity contribution in [3.8, 4) is 0 Å². The van der Waals surface area contributed by atoms with Crippen LogP contribution in [0.4, 0.5) is 0 Å².